The second-order valence-corrected chi connectivity index (χ2v) is 16.8. The van der Waals surface area contributed by atoms with E-state index in [1.807, 2.05) is 0 Å². The zero-order valence-corrected chi connectivity index (χ0v) is 42.5. The molecule has 17 heteroatoms. The molecule has 6 N–H and O–H groups in total. The van der Waals surface area contributed by atoms with E-state index in [-0.39, 0.29) is 130 Å². The number of aliphatic hydroxyl groups is 5. The first kappa shape index (κ1) is 47.8. The van der Waals surface area contributed by atoms with Crippen LogP contribution < -0.4 is 5.32 Å². The summed E-state index contributed by atoms with van der Waals surface area (Å²) in [6.45, 7) is 5.67. The van der Waals surface area contributed by atoms with Gasteiger partial charge in [-0.05, 0) is 74.9 Å². The van der Waals surface area contributed by atoms with Crippen LogP contribution in [0.1, 0.15) is 94.8 Å². The van der Waals surface area contributed by atoms with E-state index in [0.717, 1.165) is 19.3 Å². The van der Waals surface area contributed by atoms with Crippen molar-refractivity contribution < 1.29 is 156 Å². The standard InChI is InChI=1S/C41H51NO14.2Ac/c1-21-25(55-36(48)31(45)29(24-16-11-17-52-24)42-37(49)54-23-14-9-6-10-15-23)19-41(51)34(56-35(47)22-12-7-5-8-13-22)32-39(4,26(43)18-27-40(32,50)20-53-27)33(46)30(44)28(21)38(41,2)3;;/h5,7-8,11-13,16-17,23,25-27,29-32,34,43-45,50-51H,6,9-10,14-15,18-20H2,1-4H3,(H,42,49);;/t25-,26-,27+,29-,30+,31+,32-,34-,39+,40-,41+;;/m0../s1. The molecule has 1 aromatic carbocycles. The molecular formula is C41H51Ac2NO14. The number of alkyl carbamates (subject to hydrolysis) is 1. The van der Waals surface area contributed by atoms with Crippen LogP contribution in [0.25, 0.3) is 0 Å². The quantitative estimate of drug-likeness (QED) is 0.127. The molecule has 1 amide bonds. The maximum Gasteiger partial charge on any atom is 0.408 e. The third kappa shape index (κ3) is 8.10. The van der Waals surface area contributed by atoms with Crippen LogP contribution in [-0.4, -0.2) is 110 Å². The van der Waals surface area contributed by atoms with Crippen LogP contribution in [0.15, 0.2) is 64.3 Å². The van der Waals surface area contributed by atoms with Gasteiger partial charge in [0.05, 0.1) is 36.1 Å². The zero-order valence-electron chi connectivity index (χ0n) is 33.0. The van der Waals surface area contributed by atoms with Gasteiger partial charge in [-0.3, -0.25) is 4.79 Å². The number of hydrogen-bond donors (Lipinski definition) is 6. The average Bonchev–Trinajstić information content (AvgIpc) is 3.71. The maximum atomic E-state index is 14.7. The second kappa shape index (κ2) is 18.2. The number of esters is 2. The van der Waals surface area contributed by atoms with Gasteiger partial charge in [0, 0.05) is 112 Å². The number of carbonyl (C=O) groups is 4. The van der Waals surface area contributed by atoms with E-state index in [1.165, 1.54) is 44.4 Å². The molecule has 4 fully saturated rings. The van der Waals surface area contributed by atoms with Crippen molar-refractivity contribution in [2.45, 2.75) is 133 Å². The van der Waals surface area contributed by atoms with Gasteiger partial charge >= 0.3 is 18.0 Å². The number of ketones is 1. The Morgan fingerprint density at radius 3 is 2.21 bits per heavy atom. The van der Waals surface area contributed by atoms with Crippen molar-refractivity contribution >= 4 is 23.8 Å². The fourth-order valence-corrected chi connectivity index (χ4v) is 9.99. The number of aliphatic hydroxyl groups excluding tert-OH is 3. The van der Waals surface area contributed by atoms with E-state index in [2.05, 4.69) is 5.32 Å². The van der Waals surface area contributed by atoms with Gasteiger partial charge in [0.25, 0.3) is 0 Å². The molecule has 2 bridgehead atoms. The number of Topliss-reactive ketones (excluding diaryl/α,β-unsaturated/α-hetero) is 1. The Labute approximate surface area is 408 Å². The molecule has 58 heavy (non-hydrogen) atoms. The molecule has 1 aliphatic heterocycles. The number of amides is 1. The topological polar surface area (TPSA) is 232 Å². The van der Waals surface area contributed by atoms with Crippen molar-refractivity contribution in [2.24, 2.45) is 16.7 Å². The minimum atomic E-state index is -2.31. The van der Waals surface area contributed by atoms with Gasteiger partial charge in [-0.2, -0.15) is 0 Å². The van der Waals surface area contributed by atoms with Gasteiger partial charge in [0.1, 0.15) is 47.4 Å². The number of nitrogens with one attached hydrogen (secondary N) is 1. The molecular weight excluding hydrogens is 1180 g/mol. The first-order valence-electron chi connectivity index (χ1n) is 19.3. The molecule has 7 rings (SSSR count). The van der Waals surface area contributed by atoms with Gasteiger partial charge in [-0.1, -0.05) is 38.5 Å². The number of fused-ring (bicyclic) bond motifs is 5. The van der Waals surface area contributed by atoms with Crippen molar-refractivity contribution in [3.63, 3.8) is 0 Å². The summed E-state index contributed by atoms with van der Waals surface area (Å²) in [6.07, 6.45) is -6.16. The van der Waals surface area contributed by atoms with E-state index in [1.54, 1.807) is 32.0 Å². The van der Waals surface area contributed by atoms with Crippen molar-refractivity contribution in [3.05, 3.63) is 71.2 Å². The summed E-state index contributed by atoms with van der Waals surface area (Å²) in [5, 5.41) is 63.2. The summed E-state index contributed by atoms with van der Waals surface area (Å²) in [5.74, 6) is -4.56. The van der Waals surface area contributed by atoms with Crippen LogP contribution in [-0.2, 0) is 28.5 Å². The zero-order chi connectivity index (χ0) is 40.4. The second-order valence-electron chi connectivity index (χ2n) is 16.8. The Balaban J connectivity index is 0.00000320. The van der Waals surface area contributed by atoms with E-state index in [4.69, 9.17) is 23.4 Å². The predicted octanol–water partition coefficient (Wildman–Crippen LogP) is 2.82. The fraction of sp³-hybridized carbons (Fsp3) is 0.610. The van der Waals surface area contributed by atoms with Crippen molar-refractivity contribution in [3.8, 4) is 0 Å². The van der Waals surface area contributed by atoms with Crippen LogP contribution in [0, 0.1) is 105 Å². The van der Waals surface area contributed by atoms with Gasteiger partial charge < -0.3 is 54.2 Å². The van der Waals surface area contributed by atoms with E-state index < -0.39 is 101 Å². The van der Waals surface area contributed by atoms with E-state index >= 15 is 0 Å². The number of carbonyl (C=O) groups excluding carboxylic acids is 4. The molecule has 0 unspecified atom stereocenters. The minimum Gasteiger partial charge on any atom is -0.467 e. The molecule has 4 aliphatic carbocycles. The smallest absolute Gasteiger partial charge is 0.408 e. The Morgan fingerprint density at radius 1 is 0.931 bits per heavy atom. The molecule has 2 heterocycles. The van der Waals surface area contributed by atoms with E-state index in [0.29, 0.717) is 12.8 Å². The van der Waals surface area contributed by atoms with Crippen molar-refractivity contribution in [2.75, 3.05) is 6.61 Å². The Bertz CT molecular complexity index is 1870. The summed E-state index contributed by atoms with van der Waals surface area (Å²) in [5.41, 5.74) is -7.57. The molecule has 5 aliphatic rings. The van der Waals surface area contributed by atoms with Crippen LogP contribution in [0.2, 0.25) is 0 Å². The van der Waals surface area contributed by atoms with Gasteiger partial charge in [0.2, 0.25) is 0 Å². The van der Waals surface area contributed by atoms with Crippen LogP contribution >= 0.6 is 0 Å². The Hall–Kier alpha value is -1.24. The van der Waals surface area contributed by atoms with Crippen LogP contribution in [0.4, 0.5) is 4.79 Å². The molecule has 1 aromatic heterocycles. The first-order valence-corrected chi connectivity index (χ1v) is 19.3. The molecule has 1 saturated heterocycles. The number of rotatable bonds is 8. The van der Waals surface area contributed by atoms with Gasteiger partial charge in [-0.15, -0.1) is 0 Å². The molecule has 15 nitrogen and oxygen atoms in total. The summed E-state index contributed by atoms with van der Waals surface area (Å²) >= 11 is 0. The van der Waals surface area contributed by atoms with Crippen LogP contribution in [0.5, 0.6) is 0 Å². The summed E-state index contributed by atoms with van der Waals surface area (Å²) in [4.78, 5) is 55.6. The van der Waals surface area contributed by atoms with E-state index in [9.17, 15) is 44.7 Å². The predicted molar refractivity (Wildman–Crippen MR) is 193 cm³/mol. The number of furan rings is 1. The summed E-state index contributed by atoms with van der Waals surface area (Å²) in [6, 6.07) is 9.38. The normalized spacial score (nSPS) is 35.1. The molecule has 3 saturated carbocycles. The number of hydrogen-bond acceptors (Lipinski definition) is 14. The Morgan fingerprint density at radius 2 is 1.60 bits per heavy atom. The van der Waals surface area contributed by atoms with Crippen LogP contribution in [0.3, 0.4) is 0 Å². The Kier molecular flexibility index (Phi) is 15.0. The van der Waals surface area contributed by atoms with Gasteiger partial charge in [0.15, 0.2) is 11.9 Å². The third-order valence-electron chi connectivity index (χ3n) is 13.4. The summed E-state index contributed by atoms with van der Waals surface area (Å²) < 4.78 is 28.8. The summed E-state index contributed by atoms with van der Waals surface area (Å²) in [7, 11) is 0. The molecule has 2 radical (unpaired) electrons. The van der Waals surface area contributed by atoms with Crippen molar-refractivity contribution in [1.82, 2.24) is 5.32 Å². The number of ether oxygens (including phenoxy) is 4. The first-order chi connectivity index (χ1) is 26.4. The molecule has 2 aromatic rings. The average molecular weight is 1240 g/mol. The van der Waals surface area contributed by atoms with Crippen molar-refractivity contribution in [1.29, 1.82) is 0 Å². The maximum absolute atomic E-state index is 14.7. The minimum absolute atomic E-state index is 0. The number of benzene rings is 1. The monoisotopic (exact) mass is 1240 g/mol. The third-order valence-corrected chi connectivity index (χ3v) is 13.4. The molecule has 310 valence electrons. The largest absolute Gasteiger partial charge is 0.467 e. The molecule has 11 atom stereocenters. The van der Waals surface area contributed by atoms with Gasteiger partial charge in [-0.25, -0.2) is 14.4 Å². The SMILES string of the molecule is CC1=C2[C@@H](O)C(=O)[C@@]3(C)[C@H]([C@H](OC(=O)c4ccccc4)[C@](O)(C[C@@H]1OC(=O)[C@H](O)[C@@H](NC(=O)OC1CCCCC1)c1ccco1)C2(C)C)[C@]1(O)CO[C@@H]1C[C@@H]3O.[Ac].[Ac]. The molecule has 0 spiro atoms. The fourth-order valence-electron chi connectivity index (χ4n) is 9.99.